The molecule has 5 heteroatoms. The number of hydrogen-bond acceptors (Lipinski definition) is 4. The molecule has 0 fully saturated rings. The topological polar surface area (TPSA) is 49.3 Å². The molecule has 0 bridgehead atoms. The molecular weight excluding hydrogens is 290 g/mol. The van der Waals surface area contributed by atoms with Gasteiger partial charge in [-0.15, -0.1) is 22.7 Å². The van der Waals surface area contributed by atoms with E-state index in [9.17, 15) is 4.79 Å². The average molecular weight is 309 g/mol. The molecule has 0 aliphatic heterocycles. The lowest BCUT2D eigenvalue weighted by molar-refractivity contribution is -0.136. The van der Waals surface area contributed by atoms with Gasteiger partial charge in [0.1, 0.15) is 0 Å². The first-order valence-corrected chi connectivity index (χ1v) is 8.44. The van der Waals surface area contributed by atoms with Crippen LogP contribution < -0.4 is 5.32 Å². The lowest BCUT2D eigenvalue weighted by atomic mass is 10.1. The lowest BCUT2D eigenvalue weighted by Crippen LogP contribution is -2.19. The van der Waals surface area contributed by atoms with Crippen molar-refractivity contribution in [2.75, 3.05) is 0 Å². The predicted octanol–water partition coefficient (Wildman–Crippen LogP) is 4.07. The van der Waals surface area contributed by atoms with Gasteiger partial charge < -0.3 is 10.4 Å². The maximum absolute atomic E-state index is 10.7. The van der Waals surface area contributed by atoms with Gasteiger partial charge in [0.15, 0.2) is 0 Å². The summed E-state index contributed by atoms with van der Waals surface area (Å²) in [7, 11) is 0. The van der Waals surface area contributed by atoms with E-state index in [1.807, 2.05) is 12.1 Å². The molecule has 2 heterocycles. The smallest absolute Gasteiger partial charge is 0.308 e. The number of nitrogens with one attached hydrogen (secondary N) is 1. The molecule has 0 aromatic carbocycles. The van der Waals surface area contributed by atoms with Crippen LogP contribution in [0.25, 0.3) is 0 Å². The van der Waals surface area contributed by atoms with Crippen molar-refractivity contribution in [3.63, 3.8) is 0 Å². The zero-order valence-electron chi connectivity index (χ0n) is 11.5. The first kappa shape index (κ1) is 15.2. The van der Waals surface area contributed by atoms with Crippen LogP contribution in [0.2, 0.25) is 0 Å². The Bertz CT molecular complexity index is 534. The summed E-state index contributed by atoms with van der Waals surface area (Å²) < 4.78 is 0. The summed E-state index contributed by atoms with van der Waals surface area (Å²) >= 11 is 3.36. The number of hydrogen-bond donors (Lipinski definition) is 2. The van der Waals surface area contributed by atoms with Gasteiger partial charge in [-0.3, -0.25) is 4.79 Å². The van der Waals surface area contributed by atoms with E-state index in [2.05, 4.69) is 29.8 Å². The molecule has 108 valence electrons. The number of carboxylic acids is 1. The standard InChI is InChI=1S/C15H19NO2S2/c1-2-4-13(14-5-3-8-19-14)16-10-12-7-6-11(20-12)9-15(17)18/h3,5-8,13,16H,2,4,9-10H2,1H3,(H,17,18). The average Bonchev–Trinajstić information content (AvgIpc) is 3.05. The van der Waals surface area contributed by atoms with Crippen LogP contribution in [0.5, 0.6) is 0 Å². The van der Waals surface area contributed by atoms with Crippen molar-refractivity contribution in [2.45, 2.75) is 38.8 Å². The maximum Gasteiger partial charge on any atom is 0.308 e. The Kier molecular flexibility index (Phi) is 5.76. The summed E-state index contributed by atoms with van der Waals surface area (Å²) in [5.74, 6) is -0.770. The Balaban J connectivity index is 1.92. The molecule has 1 atom stereocenters. The molecule has 0 saturated heterocycles. The Hall–Kier alpha value is -1.17. The molecule has 20 heavy (non-hydrogen) atoms. The van der Waals surface area contributed by atoms with Gasteiger partial charge in [0.05, 0.1) is 6.42 Å². The molecule has 2 rings (SSSR count). The minimum absolute atomic E-state index is 0.119. The van der Waals surface area contributed by atoms with Gasteiger partial charge in [0.25, 0.3) is 0 Å². The zero-order valence-corrected chi connectivity index (χ0v) is 13.1. The molecule has 2 aromatic heterocycles. The van der Waals surface area contributed by atoms with E-state index >= 15 is 0 Å². The Morgan fingerprint density at radius 2 is 2.15 bits per heavy atom. The lowest BCUT2D eigenvalue weighted by Gasteiger charge is -2.16. The molecule has 0 radical (unpaired) electrons. The van der Waals surface area contributed by atoms with E-state index in [-0.39, 0.29) is 6.42 Å². The fourth-order valence-corrected chi connectivity index (χ4v) is 3.91. The van der Waals surface area contributed by atoms with Crippen LogP contribution in [-0.2, 0) is 17.8 Å². The van der Waals surface area contributed by atoms with Gasteiger partial charge in [0.2, 0.25) is 0 Å². The zero-order chi connectivity index (χ0) is 14.4. The molecule has 1 unspecified atom stereocenters. The molecule has 2 aromatic rings. The van der Waals surface area contributed by atoms with Crippen LogP contribution in [0.3, 0.4) is 0 Å². The van der Waals surface area contributed by atoms with Crippen molar-refractivity contribution < 1.29 is 9.90 Å². The quantitative estimate of drug-likeness (QED) is 0.773. The molecular formula is C15H19NO2S2. The van der Waals surface area contributed by atoms with Crippen LogP contribution in [0, 0.1) is 0 Å². The van der Waals surface area contributed by atoms with E-state index in [0.717, 1.165) is 24.3 Å². The highest BCUT2D eigenvalue weighted by Crippen LogP contribution is 2.24. The van der Waals surface area contributed by atoms with Gasteiger partial charge in [-0.1, -0.05) is 19.4 Å². The monoisotopic (exact) mass is 309 g/mol. The van der Waals surface area contributed by atoms with E-state index in [1.165, 1.54) is 9.75 Å². The van der Waals surface area contributed by atoms with Gasteiger partial charge >= 0.3 is 5.97 Å². The van der Waals surface area contributed by atoms with Crippen LogP contribution >= 0.6 is 22.7 Å². The molecule has 0 spiro atoms. The van der Waals surface area contributed by atoms with E-state index in [0.29, 0.717) is 6.04 Å². The largest absolute Gasteiger partial charge is 0.481 e. The summed E-state index contributed by atoms with van der Waals surface area (Å²) in [5.41, 5.74) is 0. The molecule has 3 nitrogen and oxygen atoms in total. The summed E-state index contributed by atoms with van der Waals surface area (Å²) in [6.45, 7) is 2.99. The highest BCUT2D eigenvalue weighted by molar-refractivity contribution is 7.12. The predicted molar refractivity (Wildman–Crippen MR) is 84.5 cm³/mol. The third-order valence-corrected chi connectivity index (χ3v) is 5.10. The van der Waals surface area contributed by atoms with E-state index < -0.39 is 5.97 Å². The number of carboxylic acid groups (broad SMARTS) is 1. The number of rotatable bonds is 8. The van der Waals surface area contributed by atoms with E-state index in [4.69, 9.17) is 5.11 Å². The van der Waals surface area contributed by atoms with Crippen molar-refractivity contribution in [1.82, 2.24) is 5.32 Å². The summed E-state index contributed by atoms with van der Waals surface area (Å²) in [6, 6.07) is 8.58. The van der Waals surface area contributed by atoms with Gasteiger partial charge in [-0.2, -0.15) is 0 Å². The van der Waals surface area contributed by atoms with Gasteiger partial charge in [-0.05, 0) is 30.0 Å². The summed E-state index contributed by atoms with van der Waals surface area (Å²) in [4.78, 5) is 14.2. The van der Waals surface area contributed by atoms with Crippen molar-refractivity contribution in [3.8, 4) is 0 Å². The van der Waals surface area contributed by atoms with E-state index in [1.54, 1.807) is 22.7 Å². The van der Waals surface area contributed by atoms with Crippen molar-refractivity contribution in [3.05, 3.63) is 44.3 Å². The van der Waals surface area contributed by atoms with Crippen molar-refractivity contribution in [1.29, 1.82) is 0 Å². The molecule has 0 saturated carbocycles. The minimum atomic E-state index is -0.770. The first-order chi connectivity index (χ1) is 9.69. The SMILES string of the molecule is CCCC(NCc1ccc(CC(=O)O)s1)c1cccs1. The van der Waals surface area contributed by atoms with Crippen molar-refractivity contribution >= 4 is 28.6 Å². The third-order valence-electron chi connectivity index (χ3n) is 3.03. The highest BCUT2D eigenvalue weighted by atomic mass is 32.1. The Morgan fingerprint density at radius 1 is 1.35 bits per heavy atom. The van der Waals surface area contributed by atoms with Crippen molar-refractivity contribution in [2.24, 2.45) is 0 Å². The molecule has 0 aliphatic carbocycles. The summed E-state index contributed by atoms with van der Waals surface area (Å²) in [5, 5.41) is 14.5. The van der Waals surface area contributed by atoms with Gasteiger partial charge in [-0.25, -0.2) is 0 Å². The number of aliphatic carboxylic acids is 1. The second-order valence-electron chi connectivity index (χ2n) is 4.68. The normalized spacial score (nSPS) is 12.4. The van der Waals surface area contributed by atoms with Crippen LogP contribution in [0.15, 0.2) is 29.6 Å². The second kappa shape index (κ2) is 7.57. The van der Waals surface area contributed by atoms with Crippen LogP contribution in [0.4, 0.5) is 0 Å². The van der Waals surface area contributed by atoms with Crippen LogP contribution in [-0.4, -0.2) is 11.1 Å². The fraction of sp³-hybridized carbons (Fsp3) is 0.400. The minimum Gasteiger partial charge on any atom is -0.481 e. The molecule has 0 aliphatic rings. The third kappa shape index (κ3) is 4.44. The van der Waals surface area contributed by atoms with Gasteiger partial charge in [0, 0.05) is 27.2 Å². The number of thiophene rings is 2. The number of carbonyl (C=O) groups is 1. The Morgan fingerprint density at radius 3 is 2.80 bits per heavy atom. The summed E-state index contributed by atoms with van der Waals surface area (Å²) in [6.07, 6.45) is 2.38. The Labute approximate surface area is 127 Å². The first-order valence-electron chi connectivity index (χ1n) is 6.75. The molecule has 2 N–H and O–H groups in total. The second-order valence-corrected chi connectivity index (χ2v) is 6.91. The highest BCUT2D eigenvalue weighted by Gasteiger charge is 2.12. The molecule has 0 amide bonds. The van der Waals surface area contributed by atoms with Crippen LogP contribution in [0.1, 0.15) is 40.4 Å². The fourth-order valence-electron chi connectivity index (χ4n) is 2.11. The maximum atomic E-state index is 10.7.